The molecule has 0 spiro atoms. The summed E-state index contributed by atoms with van der Waals surface area (Å²) in [6.45, 7) is 0. The van der Waals surface area contributed by atoms with Crippen molar-refractivity contribution in [1.82, 2.24) is 9.78 Å². The normalized spacial score (nSPS) is 10.7. The molecule has 0 aliphatic carbocycles. The van der Waals surface area contributed by atoms with Crippen molar-refractivity contribution < 1.29 is 4.39 Å². The maximum atomic E-state index is 13.2. The van der Waals surface area contributed by atoms with E-state index in [4.69, 9.17) is 5.73 Å². The van der Waals surface area contributed by atoms with Gasteiger partial charge in [0, 0.05) is 10.9 Å². The highest BCUT2D eigenvalue weighted by Crippen LogP contribution is 2.27. The van der Waals surface area contributed by atoms with Crippen LogP contribution >= 0.6 is 11.3 Å². The Morgan fingerprint density at radius 1 is 1.28 bits per heavy atom. The van der Waals surface area contributed by atoms with Crippen molar-refractivity contribution in [3.63, 3.8) is 0 Å². The molecule has 2 N–H and O–H groups in total. The van der Waals surface area contributed by atoms with Crippen LogP contribution in [0.2, 0.25) is 0 Å². The van der Waals surface area contributed by atoms with Gasteiger partial charge < -0.3 is 5.73 Å². The number of anilines is 1. The molecule has 90 valence electrons. The fourth-order valence-electron chi connectivity index (χ4n) is 1.76. The summed E-state index contributed by atoms with van der Waals surface area (Å²) in [5.41, 5.74) is 8.87. The van der Waals surface area contributed by atoms with Crippen molar-refractivity contribution >= 4 is 17.0 Å². The first kappa shape index (κ1) is 11.0. The Hall–Kier alpha value is -2.14. The SMILES string of the molecule is Nc1cn(-c2cccc(F)c2)nc1-c1ccsc1. The molecule has 1 aromatic carbocycles. The number of aromatic nitrogens is 2. The quantitative estimate of drug-likeness (QED) is 0.767. The minimum atomic E-state index is -0.293. The van der Waals surface area contributed by atoms with E-state index in [2.05, 4.69) is 5.10 Å². The molecule has 3 aromatic rings. The van der Waals surface area contributed by atoms with Crippen molar-refractivity contribution in [1.29, 1.82) is 0 Å². The summed E-state index contributed by atoms with van der Waals surface area (Å²) in [5, 5.41) is 8.34. The molecule has 0 aliphatic heterocycles. The minimum absolute atomic E-state index is 0.293. The number of nitrogens with zero attached hydrogens (tertiary/aromatic N) is 2. The second-order valence-corrected chi connectivity index (χ2v) is 4.65. The van der Waals surface area contributed by atoms with E-state index in [1.54, 1.807) is 34.3 Å². The van der Waals surface area contributed by atoms with Gasteiger partial charge in [0.25, 0.3) is 0 Å². The molecular formula is C13H10FN3S. The van der Waals surface area contributed by atoms with E-state index in [0.717, 1.165) is 11.3 Å². The van der Waals surface area contributed by atoms with E-state index >= 15 is 0 Å². The highest BCUT2D eigenvalue weighted by atomic mass is 32.1. The molecule has 2 aromatic heterocycles. The van der Waals surface area contributed by atoms with Gasteiger partial charge in [0.2, 0.25) is 0 Å². The topological polar surface area (TPSA) is 43.8 Å². The summed E-state index contributed by atoms with van der Waals surface area (Å²) in [5.74, 6) is -0.293. The highest BCUT2D eigenvalue weighted by Gasteiger charge is 2.10. The van der Waals surface area contributed by atoms with Crippen molar-refractivity contribution in [2.75, 3.05) is 5.73 Å². The second-order valence-electron chi connectivity index (χ2n) is 3.87. The van der Waals surface area contributed by atoms with Gasteiger partial charge in [-0.1, -0.05) is 6.07 Å². The smallest absolute Gasteiger partial charge is 0.125 e. The molecule has 0 saturated carbocycles. The van der Waals surface area contributed by atoms with Crippen LogP contribution < -0.4 is 5.73 Å². The molecule has 0 aliphatic rings. The summed E-state index contributed by atoms with van der Waals surface area (Å²) < 4.78 is 14.8. The average Bonchev–Trinajstić information content (AvgIpc) is 2.97. The van der Waals surface area contributed by atoms with Crippen molar-refractivity contribution in [2.24, 2.45) is 0 Å². The number of benzene rings is 1. The summed E-state index contributed by atoms with van der Waals surface area (Å²) in [4.78, 5) is 0. The van der Waals surface area contributed by atoms with E-state index in [9.17, 15) is 4.39 Å². The first-order chi connectivity index (χ1) is 8.74. The lowest BCUT2D eigenvalue weighted by molar-refractivity contribution is 0.625. The Kier molecular flexibility index (Phi) is 2.60. The van der Waals surface area contributed by atoms with Crippen LogP contribution in [-0.4, -0.2) is 9.78 Å². The molecule has 0 saturated heterocycles. The van der Waals surface area contributed by atoms with Gasteiger partial charge in [-0.25, -0.2) is 9.07 Å². The summed E-state index contributed by atoms with van der Waals surface area (Å²) in [6.07, 6.45) is 1.70. The number of nitrogen functional groups attached to an aromatic ring is 1. The van der Waals surface area contributed by atoms with Gasteiger partial charge in [-0.3, -0.25) is 0 Å². The Morgan fingerprint density at radius 2 is 2.17 bits per heavy atom. The molecule has 0 atom stereocenters. The third-order valence-electron chi connectivity index (χ3n) is 2.61. The lowest BCUT2D eigenvalue weighted by atomic mass is 10.2. The molecular weight excluding hydrogens is 249 g/mol. The van der Waals surface area contributed by atoms with Gasteiger partial charge in [-0.15, -0.1) is 0 Å². The molecule has 2 heterocycles. The zero-order valence-electron chi connectivity index (χ0n) is 9.38. The third kappa shape index (κ3) is 1.89. The van der Waals surface area contributed by atoms with Crippen LogP contribution in [0, 0.1) is 5.82 Å². The van der Waals surface area contributed by atoms with E-state index in [0.29, 0.717) is 11.4 Å². The maximum absolute atomic E-state index is 13.2. The Balaban J connectivity index is 2.08. The summed E-state index contributed by atoms with van der Waals surface area (Å²) in [7, 11) is 0. The highest BCUT2D eigenvalue weighted by molar-refractivity contribution is 7.08. The molecule has 0 amide bonds. The van der Waals surface area contributed by atoms with Gasteiger partial charge in [-0.05, 0) is 29.6 Å². The van der Waals surface area contributed by atoms with Gasteiger partial charge in [0.05, 0.1) is 17.6 Å². The summed E-state index contributed by atoms with van der Waals surface area (Å²) >= 11 is 1.59. The predicted molar refractivity (Wildman–Crippen MR) is 71.2 cm³/mol. The van der Waals surface area contributed by atoms with Crippen LogP contribution in [0.15, 0.2) is 47.3 Å². The number of nitrogens with two attached hydrogens (primary N) is 1. The zero-order valence-corrected chi connectivity index (χ0v) is 10.2. The van der Waals surface area contributed by atoms with Crippen molar-refractivity contribution in [3.8, 4) is 16.9 Å². The Morgan fingerprint density at radius 3 is 2.89 bits per heavy atom. The molecule has 3 nitrogen and oxygen atoms in total. The van der Waals surface area contributed by atoms with E-state index < -0.39 is 0 Å². The first-order valence-electron chi connectivity index (χ1n) is 5.38. The van der Waals surface area contributed by atoms with Crippen LogP contribution in [0.3, 0.4) is 0 Å². The van der Waals surface area contributed by atoms with Crippen molar-refractivity contribution in [3.05, 3.63) is 53.1 Å². The third-order valence-corrected chi connectivity index (χ3v) is 3.29. The first-order valence-corrected chi connectivity index (χ1v) is 6.32. The monoisotopic (exact) mass is 259 g/mol. The predicted octanol–water partition coefficient (Wildman–Crippen LogP) is 3.32. The van der Waals surface area contributed by atoms with Gasteiger partial charge in [0.1, 0.15) is 11.5 Å². The molecule has 3 rings (SSSR count). The van der Waals surface area contributed by atoms with E-state index in [1.807, 2.05) is 16.8 Å². The molecule has 5 heteroatoms. The second kappa shape index (κ2) is 4.27. The van der Waals surface area contributed by atoms with Crippen LogP contribution in [0.5, 0.6) is 0 Å². The van der Waals surface area contributed by atoms with Crippen LogP contribution in [0.1, 0.15) is 0 Å². The van der Waals surface area contributed by atoms with Gasteiger partial charge in [-0.2, -0.15) is 16.4 Å². The number of hydrogen-bond donors (Lipinski definition) is 1. The van der Waals surface area contributed by atoms with E-state index in [-0.39, 0.29) is 5.82 Å². The Labute approximate surface area is 107 Å². The standard InChI is InChI=1S/C13H10FN3S/c14-10-2-1-3-11(6-10)17-7-12(15)13(16-17)9-4-5-18-8-9/h1-8H,15H2. The summed E-state index contributed by atoms with van der Waals surface area (Å²) in [6, 6.07) is 8.21. The number of hydrogen-bond acceptors (Lipinski definition) is 3. The number of thiophene rings is 1. The molecule has 0 unspecified atom stereocenters. The fraction of sp³-hybridized carbons (Fsp3) is 0. The Bertz CT molecular complexity index is 673. The lowest BCUT2D eigenvalue weighted by Crippen LogP contribution is -1.95. The lowest BCUT2D eigenvalue weighted by Gasteiger charge is -2.00. The van der Waals surface area contributed by atoms with Gasteiger partial charge >= 0.3 is 0 Å². The average molecular weight is 259 g/mol. The zero-order chi connectivity index (χ0) is 12.5. The molecule has 18 heavy (non-hydrogen) atoms. The fourth-order valence-corrected chi connectivity index (χ4v) is 2.40. The minimum Gasteiger partial charge on any atom is -0.396 e. The molecule has 0 radical (unpaired) electrons. The molecule has 0 bridgehead atoms. The van der Waals surface area contributed by atoms with Crippen LogP contribution in [0.4, 0.5) is 10.1 Å². The number of rotatable bonds is 2. The van der Waals surface area contributed by atoms with E-state index in [1.165, 1.54) is 12.1 Å². The molecule has 0 fully saturated rings. The number of halogens is 1. The van der Waals surface area contributed by atoms with Gasteiger partial charge in [0.15, 0.2) is 0 Å². The van der Waals surface area contributed by atoms with Crippen LogP contribution in [-0.2, 0) is 0 Å². The van der Waals surface area contributed by atoms with Crippen molar-refractivity contribution in [2.45, 2.75) is 0 Å². The maximum Gasteiger partial charge on any atom is 0.125 e. The largest absolute Gasteiger partial charge is 0.396 e. The van der Waals surface area contributed by atoms with Crippen LogP contribution in [0.25, 0.3) is 16.9 Å².